The molecule has 3 aromatic heterocycles. The fourth-order valence-electron chi connectivity index (χ4n) is 8.79. The SMILES string of the molecule is c1ccc(-c2nc(-c3ccccc3)nc(-c3ccc4c(c3)c3ccccc3n4-c3ccc4c(c3)-c3cccc(-c5nc(-c6ccccc6)nc(-c6ccccc6)n5)c3C4)n2)cc1. The molecule has 1 aliphatic rings. The van der Waals surface area contributed by atoms with E-state index in [1.807, 2.05) is 121 Å². The van der Waals surface area contributed by atoms with Crippen molar-refractivity contribution in [2.24, 2.45) is 0 Å². The molecule has 3 heterocycles. The number of hydrogen-bond donors (Lipinski definition) is 0. The van der Waals surface area contributed by atoms with Crippen LogP contribution in [0.1, 0.15) is 11.1 Å². The molecule has 11 aromatic rings. The Morgan fingerprint density at radius 2 is 0.774 bits per heavy atom. The Morgan fingerprint density at radius 3 is 1.34 bits per heavy atom. The number of nitrogens with zero attached hydrogens (tertiary/aromatic N) is 7. The third-order valence-electron chi connectivity index (χ3n) is 11.8. The highest BCUT2D eigenvalue weighted by molar-refractivity contribution is 6.10. The topological polar surface area (TPSA) is 82.3 Å². The van der Waals surface area contributed by atoms with Gasteiger partial charge in [-0.25, -0.2) is 29.9 Å². The molecule has 0 radical (unpaired) electrons. The maximum atomic E-state index is 5.10. The van der Waals surface area contributed by atoms with Gasteiger partial charge in [0.2, 0.25) is 0 Å². The van der Waals surface area contributed by atoms with Crippen LogP contribution in [0.15, 0.2) is 200 Å². The van der Waals surface area contributed by atoms with E-state index in [9.17, 15) is 0 Å². The number of hydrogen-bond acceptors (Lipinski definition) is 6. The Morgan fingerprint density at radius 1 is 0.306 bits per heavy atom. The van der Waals surface area contributed by atoms with Crippen LogP contribution in [0.4, 0.5) is 0 Å². The van der Waals surface area contributed by atoms with E-state index in [0.717, 1.165) is 67.3 Å². The second-order valence-electron chi connectivity index (χ2n) is 15.5. The number of rotatable bonds is 7. The summed E-state index contributed by atoms with van der Waals surface area (Å²) in [5, 5.41) is 2.29. The van der Waals surface area contributed by atoms with Crippen molar-refractivity contribution < 1.29 is 0 Å². The summed E-state index contributed by atoms with van der Waals surface area (Å²) in [4.78, 5) is 30.1. The van der Waals surface area contributed by atoms with Crippen molar-refractivity contribution in [2.45, 2.75) is 6.42 Å². The lowest BCUT2D eigenvalue weighted by molar-refractivity contribution is 1.07. The van der Waals surface area contributed by atoms with E-state index in [1.54, 1.807) is 0 Å². The molecule has 8 aromatic carbocycles. The van der Waals surface area contributed by atoms with Gasteiger partial charge in [-0.3, -0.25) is 0 Å². The molecule has 0 N–H and O–H groups in total. The van der Waals surface area contributed by atoms with Gasteiger partial charge in [-0.2, -0.15) is 0 Å². The normalized spacial score (nSPS) is 11.8. The molecule has 0 unspecified atom stereocenters. The molecule has 0 fully saturated rings. The highest BCUT2D eigenvalue weighted by Crippen LogP contribution is 2.44. The molecule has 0 bridgehead atoms. The molecule has 1 aliphatic carbocycles. The Kier molecular flexibility index (Phi) is 8.42. The van der Waals surface area contributed by atoms with Gasteiger partial charge in [0.05, 0.1) is 11.0 Å². The molecule has 7 heteroatoms. The van der Waals surface area contributed by atoms with Crippen molar-refractivity contribution in [1.29, 1.82) is 0 Å². The molecule has 12 rings (SSSR count). The summed E-state index contributed by atoms with van der Waals surface area (Å²) in [5.41, 5.74) is 14.0. The zero-order valence-corrected chi connectivity index (χ0v) is 33.4. The monoisotopic (exact) mass is 793 g/mol. The average molecular weight is 794 g/mol. The van der Waals surface area contributed by atoms with Gasteiger partial charge in [0.15, 0.2) is 34.9 Å². The lowest BCUT2D eigenvalue weighted by atomic mass is 10.0. The summed E-state index contributed by atoms with van der Waals surface area (Å²) >= 11 is 0. The smallest absolute Gasteiger partial charge is 0.164 e. The lowest BCUT2D eigenvalue weighted by Crippen LogP contribution is -2.01. The Balaban J connectivity index is 0.972. The summed E-state index contributed by atoms with van der Waals surface area (Å²) in [6, 6.07) is 69.0. The molecule has 7 nitrogen and oxygen atoms in total. The van der Waals surface area contributed by atoms with Crippen LogP contribution in [-0.4, -0.2) is 34.5 Å². The molecule has 62 heavy (non-hydrogen) atoms. The summed E-state index contributed by atoms with van der Waals surface area (Å²) in [6.07, 6.45) is 0.784. The third-order valence-corrected chi connectivity index (χ3v) is 11.8. The zero-order valence-electron chi connectivity index (χ0n) is 33.4. The summed E-state index contributed by atoms with van der Waals surface area (Å²) in [6.45, 7) is 0. The first-order valence-corrected chi connectivity index (χ1v) is 20.8. The van der Waals surface area contributed by atoms with Crippen LogP contribution >= 0.6 is 0 Å². The van der Waals surface area contributed by atoms with Crippen LogP contribution in [0.3, 0.4) is 0 Å². The molecule has 0 saturated carbocycles. The van der Waals surface area contributed by atoms with E-state index in [4.69, 9.17) is 29.9 Å². The minimum absolute atomic E-state index is 0.631. The molecule has 0 amide bonds. The van der Waals surface area contributed by atoms with Crippen LogP contribution in [0.25, 0.3) is 107 Å². The van der Waals surface area contributed by atoms with Gasteiger partial charge in [0.25, 0.3) is 0 Å². The van der Waals surface area contributed by atoms with Gasteiger partial charge in [-0.15, -0.1) is 0 Å². The standard InChI is InChI=1S/C55H35N7/c1-5-16-35(17-6-1)50-56-51(36-18-7-2-8-19-36)59-54(58-50)40-29-31-49-47(33-40)43-24-13-14-27-48(43)62(49)41-30-28-39-32-46-42(45(39)34-41)25-15-26-44(46)55-60-52(37-20-9-3-10-21-37)57-53(61-55)38-22-11-4-12-23-38/h1-31,33-34H,32H2. The van der Waals surface area contributed by atoms with Crippen LogP contribution in [0.2, 0.25) is 0 Å². The largest absolute Gasteiger partial charge is 0.309 e. The maximum absolute atomic E-state index is 5.10. The summed E-state index contributed by atoms with van der Waals surface area (Å²) in [7, 11) is 0. The third kappa shape index (κ3) is 6.14. The van der Waals surface area contributed by atoms with E-state index in [-0.39, 0.29) is 0 Å². The molecular formula is C55H35N7. The minimum Gasteiger partial charge on any atom is -0.309 e. The highest BCUT2D eigenvalue weighted by atomic mass is 15.0. The van der Waals surface area contributed by atoms with Gasteiger partial charge in [-0.05, 0) is 65.1 Å². The average Bonchev–Trinajstić information content (AvgIpc) is 3.90. The van der Waals surface area contributed by atoms with Crippen molar-refractivity contribution in [3.8, 4) is 85.1 Å². The van der Waals surface area contributed by atoms with Gasteiger partial charge >= 0.3 is 0 Å². The maximum Gasteiger partial charge on any atom is 0.164 e. The minimum atomic E-state index is 0.631. The predicted octanol–water partition coefficient (Wildman–Crippen LogP) is 12.7. The zero-order chi connectivity index (χ0) is 41.0. The van der Waals surface area contributed by atoms with Crippen LogP contribution < -0.4 is 0 Å². The van der Waals surface area contributed by atoms with Crippen molar-refractivity contribution in [2.75, 3.05) is 0 Å². The molecule has 290 valence electrons. The molecule has 0 saturated heterocycles. The number of para-hydroxylation sites is 1. The number of benzene rings is 8. The van der Waals surface area contributed by atoms with Crippen molar-refractivity contribution >= 4 is 21.8 Å². The summed E-state index contributed by atoms with van der Waals surface area (Å²) < 4.78 is 2.37. The molecule has 0 aliphatic heterocycles. The van der Waals surface area contributed by atoms with Crippen molar-refractivity contribution in [1.82, 2.24) is 34.5 Å². The first-order valence-electron chi connectivity index (χ1n) is 20.8. The van der Waals surface area contributed by atoms with E-state index in [0.29, 0.717) is 34.9 Å². The predicted molar refractivity (Wildman–Crippen MR) is 248 cm³/mol. The van der Waals surface area contributed by atoms with Crippen LogP contribution in [-0.2, 0) is 6.42 Å². The highest BCUT2D eigenvalue weighted by Gasteiger charge is 2.25. The van der Waals surface area contributed by atoms with Crippen LogP contribution in [0.5, 0.6) is 0 Å². The Bertz CT molecular complexity index is 3360. The number of fused-ring (bicyclic) bond motifs is 6. The van der Waals surface area contributed by atoms with Gasteiger partial charge in [0.1, 0.15) is 0 Å². The van der Waals surface area contributed by atoms with Crippen LogP contribution in [0, 0.1) is 0 Å². The molecular weight excluding hydrogens is 759 g/mol. The second-order valence-corrected chi connectivity index (χ2v) is 15.5. The van der Waals surface area contributed by atoms with E-state index < -0.39 is 0 Å². The quantitative estimate of drug-likeness (QED) is 0.160. The van der Waals surface area contributed by atoms with Gasteiger partial charge in [-0.1, -0.05) is 164 Å². The van der Waals surface area contributed by atoms with E-state index in [2.05, 4.69) is 83.4 Å². The second kappa shape index (κ2) is 14.7. The van der Waals surface area contributed by atoms with Crippen molar-refractivity contribution in [3.05, 3.63) is 211 Å². The fourth-order valence-corrected chi connectivity index (χ4v) is 8.79. The van der Waals surface area contributed by atoms with Gasteiger partial charge in [0, 0.05) is 49.8 Å². The Hall–Kier alpha value is -8.42. The fraction of sp³-hybridized carbons (Fsp3) is 0.0182. The molecule has 0 atom stereocenters. The number of aromatic nitrogens is 7. The first kappa shape index (κ1) is 35.5. The van der Waals surface area contributed by atoms with E-state index >= 15 is 0 Å². The summed E-state index contributed by atoms with van der Waals surface area (Å²) in [5.74, 6) is 3.90. The lowest BCUT2D eigenvalue weighted by Gasteiger charge is -2.12. The van der Waals surface area contributed by atoms with E-state index in [1.165, 1.54) is 22.3 Å². The van der Waals surface area contributed by atoms with Crippen molar-refractivity contribution in [3.63, 3.8) is 0 Å². The first-order chi connectivity index (χ1) is 30.7. The molecule has 0 spiro atoms. The Labute approximate surface area is 357 Å². The van der Waals surface area contributed by atoms with Gasteiger partial charge < -0.3 is 4.57 Å².